The quantitative estimate of drug-likeness (QED) is 0.439. The number of ether oxygens (including phenoxy) is 2. The fourth-order valence-electron chi connectivity index (χ4n) is 3.40. The maximum Gasteiger partial charge on any atom is 0.283 e. The van der Waals surface area contributed by atoms with Gasteiger partial charge in [-0.3, -0.25) is 9.69 Å². The number of thiophene rings is 1. The topological polar surface area (TPSA) is 63.2 Å². The molecule has 1 fully saturated rings. The molecule has 1 saturated heterocycles. The van der Waals surface area contributed by atoms with E-state index in [0.717, 1.165) is 61.1 Å². The first-order chi connectivity index (χ1) is 15.0. The number of carbonyl (C=O) groups excluding carboxylic acids is 1. The number of benzene rings is 2. The van der Waals surface area contributed by atoms with Crippen molar-refractivity contribution in [1.82, 2.24) is 10.3 Å². The van der Waals surface area contributed by atoms with Gasteiger partial charge in [-0.2, -0.15) is 5.10 Å². The van der Waals surface area contributed by atoms with Crippen molar-refractivity contribution in [3.63, 3.8) is 0 Å². The van der Waals surface area contributed by atoms with Crippen LogP contribution in [0.1, 0.15) is 20.8 Å². The first-order valence-electron chi connectivity index (χ1n) is 9.73. The SMILES string of the molecule is COc1ccc(C=NNC(=O)c2sc3cc(F)ccc3c2Cl)cc1CN1CCOCC1. The highest BCUT2D eigenvalue weighted by Gasteiger charge is 2.17. The van der Waals surface area contributed by atoms with E-state index >= 15 is 0 Å². The molecule has 1 aliphatic heterocycles. The number of hydrogen-bond acceptors (Lipinski definition) is 6. The predicted octanol–water partition coefficient (Wildman–Crippen LogP) is 4.30. The fourth-order valence-corrected chi connectivity index (χ4v) is 4.84. The Morgan fingerprint density at radius 2 is 2.13 bits per heavy atom. The molecule has 4 rings (SSSR count). The van der Waals surface area contributed by atoms with E-state index in [-0.39, 0.29) is 5.82 Å². The molecule has 0 saturated carbocycles. The zero-order chi connectivity index (χ0) is 21.8. The van der Waals surface area contributed by atoms with Crippen LogP contribution in [0, 0.1) is 5.82 Å². The van der Waals surface area contributed by atoms with Crippen molar-refractivity contribution in [2.24, 2.45) is 5.10 Å². The molecule has 9 heteroatoms. The number of morpholine rings is 1. The van der Waals surface area contributed by atoms with Gasteiger partial charge in [-0.1, -0.05) is 11.6 Å². The third-order valence-corrected chi connectivity index (χ3v) is 6.64. The normalized spacial score (nSPS) is 14.9. The maximum atomic E-state index is 13.4. The number of methoxy groups -OCH3 is 1. The standard InChI is InChI=1S/C22H21ClFN3O3S/c1-29-18-5-2-14(10-15(18)13-27-6-8-30-9-7-27)12-25-26-22(28)21-20(23)17-4-3-16(24)11-19(17)31-21/h2-5,10-12H,6-9,13H2,1H3,(H,26,28). The maximum absolute atomic E-state index is 13.4. The summed E-state index contributed by atoms with van der Waals surface area (Å²) in [5.74, 6) is -0.00957. The highest BCUT2D eigenvalue weighted by Crippen LogP contribution is 2.35. The Hall–Kier alpha value is -2.52. The summed E-state index contributed by atoms with van der Waals surface area (Å²) in [4.78, 5) is 15.1. The molecule has 2 aromatic carbocycles. The third-order valence-electron chi connectivity index (χ3n) is 4.98. The van der Waals surface area contributed by atoms with Gasteiger partial charge in [-0.15, -0.1) is 11.3 Å². The molecular formula is C22H21ClFN3O3S. The lowest BCUT2D eigenvalue weighted by Gasteiger charge is -2.27. The van der Waals surface area contributed by atoms with Crippen molar-refractivity contribution < 1.29 is 18.7 Å². The number of halogens is 2. The monoisotopic (exact) mass is 461 g/mol. The van der Waals surface area contributed by atoms with Crippen LogP contribution < -0.4 is 10.2 Å². The van der Waals surface area contributed by atoms with Crippen LogP contribution in [0.3, 0.4) is 0 Å². The number of nitrogens with zero attached hydrogens (tertiary/aromatic N) is 2. The second-order valence-electron chi connectivity index (χ2n) is 7.04. The number of carbonyl (C=O) groups is 1. The van der Waals surface area contributed by atoms with Crippen LogP contribution in [0.15, 0.2) is 41.5 Å². The lowest BCUT2D eigenvalue weighted by Crippen LogP contribution is -2.35. The molecule has 3 aromatic rings. The Kier molecular flexibility index (Phi) is 6.82. The molecule has 1 aliphatic rings. The van der Waals surface area contributed by atoms with Crippen LogP contribution >= 0.6 is 22.9 Å². The minimum atomic E-state index is -0.440. The Bertz CT molecular complexity index is 1130. The molecule has 0 aliphatic carbocycles. The number of rotatable bonds is 6. The van der Waals surface area contributed by atoms with Gasteiger partial charge < -0.3 is 9.47 Å². The van der Waals surface area contributed by atoms with E-state index in [1.54, 1.807) is 19.4 Å². The molecule has 0 spiro atoms. The van der Waals surface area contributed by atoms with Crippen molar-refractivity contribution in [1.29, 1.82) is 0 Å². The number of hydrazone groups is 1. The van der Waals surface area contributed by atoms with Crippen molar-refractivity contribution in [3.8, 4) is 5.75 Å². The van der Waals surface area contributed by atoms with Crippen LogP contribution in [-0.4, -0.2) is 50.4 Å². The van der Waals surface area contributed by atoms with Crippen LogP contribution in [0.5, 0.6) is 5.75 Å². The summed E-state index contributed by atoms with van der Waals surface area (Å²) in [6.45, 7) is 3.94. The summed E-state index contributed by atoms with van der Waals surface area (Å²) < 4.78 is 24.9. The first kappa shape index (κ1) is 21.7. The zero-order valence-electron chi connectivity index (χ0n) is 16.9. The van der Waals surface area contributed by atoms with Crippen molar-refractivity contribution in [2.45, 2.75) is 6.54 Å². The summed E-state index contributed by atoms with van der Waals surface area (Å²) in [5, 5.41) is 5.01. The van der Waals surface area contributed by atoms with Crippen LogP contribution in [0.2, 0.25) is 5.02 Å². The van der Waals surface area contributed by atoms with E-state index in [2.05, 4.69) is 15.4 Å². The van der Waals surface area contributed by atoms with Gasteiger partial charge in [0.1, 0.15) is 16.4 Å². The summed E-state index contributed by atoms with van der Waals surface area (Å²) in [6.07, 6.45) is 1.57. The molecule has 0 unspecified atom stereocenters. The van der Waals surface area contributed by atoms with Gasteiger partial charge in [0.05, 0.1) is 31.6 Å². The Balaban J connectivity index is 1.46. The summed E-state index contributed by atoms with van der Waals surface area (Å²) in [6, 6.07) is 9.98. The van der Waals surface area contributed by atoms with Gasteiger partial charge in [0.2, 0.25) is 0 Å². The van der Waals surface area contributed by atoms with E-state index in [0.29, 0.717) is 20.0 Å². The van der Waals surface area contributed by atoms with Gasteiger partial charge in [0, 0.05) is 35.3 Å². The average Bonchev–Trinajstić information content (AvgIpc) is 3.10. The van der Waals surface area contributed by atoms with E-state index in [1.165, 1.54) is 12.1 Å². The van der Waals surface area contributed by atoms with Crippen molar-refractivity contribution in [3.05, 3.63) is 63.2 Å². The van der Waals surface area contributed by atoms with Gasteiger partial charge in [0.25, 0.3) is 5.91 Å². The van der Waals surface area contributed by atoms with E-state index in [9.17, 15) is 9.18 Å². The van der Waals surface area contributed by atoms with Gasteiger partial charge >= 0.3 is 0 Å². The van der Waals surface area contributed by atoms with Crippen LogP contribution in [-0.2, 0) is 11.3 Å². The Labute approximate surface area is 188 Å². The second-order valence-corrected chi connectivity index (χ2v) is 8.47. The van der Waals surface area contributed by atoms with E-state index < -0.39 is 5.91 Å². The number of amides is 1. The minimum Gasteiger partial charge on any atom is -0.496 e. The van der Waals surface area contributed by atoms with Crippen LogP contribution in [0.4, 0.5) is 4.39 Å². The van der Waals surface area contributed by atoms with Crippen molar-refractivity contribution in [2.75, 3.05) is 33.4 Å². The molecule has 1 N–H and O–H groups in total. The summed E-state index contributed by atoms with van der Waals surface area (Å²) in [5.41, 5.74) is 4.36. The minimum absolute atomic E-state index is 0.294. The summed E-state index contributed by atoms with van der Waals surface area (Å²) in [7, 11) is 1.65. The molecule has 0 radical (unpaired) electrons. The van der Waals surface area contributed by atoms with Crippen molar-refractivity contribution >= 4 is 45.1 Å². The smallest absolute Gasteiger partial charge is 0.283 e. The van der Waals surface area contributed by atoms with Gasteiger partial charge in [-0.25, -0.2) is 9.82 Å². The van der Waals surface area contributed by atoms with Crippen LogP contribution in [0.25, 0.3) is 10.1 Å². The second kappa shape index (κ2) is 9.74. The molecule has 2 heterocycles. The molecular weight excluding hydrogens is 441 g/mol. The lowest BCUT2D eigenvalue weighted by molar-refractivity contribution is 0.0339. The molecule has 1 amide bonds. The lowest BCUT2D eigenvalue weighted by atomic mass is 10.1. The predicted molar refractivity (Wildman–Crippen MR) is 121 cm³/mol. The molecule has 6 nitrogen and oxygen atoms in total. The zero-order valence-corrected chi connectivity index (χ0v) is 18.4. The highest BCUT2D eigenvalue weighted by molar-refractivity contribution is 7.21. The number of hydrogen-bond donors (Lipinski definition) is 1. The molecule has 162 valence electrons. The largest absolute Gasteiger partial charge is 0.496 e. The first-order valence-corrected chi connectivity index (χ1v) is 10.9. The fraction of sp³-hybridized carbons (Fsp3) is 0.273. The average molecular weight is 462 g/mol. The van der Waals surface area contributed by atoms with Gasteiger partial charge in [-0.05, 0) is 42.0 Å². The van der Waals surface area contributed by atoms with E-state index in [4.69, 9.17) is 21.1 Å². The number of nitrogens with one attached hydrogen (secondary N) is 1. The number of fused-ring (bicyclic) bond motifs is 1. The molecule has 0 atom stereocenters. The highest BCUT2D eigenvalue weighted by atomic mass is 35.5. The Morgan fingerprint density at radius 3 is 2.90 bits per heavy atom. The molecule has 0 bridgehead atoms. The molecule has 1 aromatic heterocycles. The van der Waals surface area contributed by atoms with Gasteiger partial charge in [0.15, 0.2) is 0 Å². The third kappa shape index (κ3) is 5.04. The molecule has 31 heavy (non-hydrogen) atoms. The summed E-state index contributed by atoms with van der Waals surface area (Å²) >= 11 is 7.42. The van der Waals surface area contributed by atoms with E-state index in [1.807, 2.05) is 18.2 Å². The Morgan fingerprint density at radius 1 is 1.32 bits per heavy atom.